The Hall–Kier alpha value is -3.04. The Morgan fingerprint density at radius 1 is 0.625 bits per heavy atom. The number of nitrogens with one attached hydrogen (secondary N) is 2. The largest absolute Gasteiger partial charge is 0.491 e. The first-order valence-corrected chi connectivity index (χ1v) is 10.6. The van der Waals surface area contributed by atoms with Gasteiger partial charge in [0.1, 0.15) is 36.9 Å². The van der Waals surface area contributed by atoms with Gasteiger partial charge in [-0.2, -0.15) is 0 Å². The number of aliphatic hydroxyl groups is 2. The van der Waals surface area contributed by atoms with Crippen molar-refractivity contribution in [3.8, 4) is 11.5 Å². The van der Waals surface area contributed by atoms with Gasteiger partial charge in [-0.1, -0.05) is 0 Å². The Morgan fingerprint density at radius 3 is 1.38 bits per heavy atom. The molecule has 32 heavy (non-hydrogen) atoms. The maximum atomic E-state index is 10.1. The molecule has 1 aromatic carbocycles. The lowest BCUT2D eigenvalue weighted by Gasteiger charge is -2.15. The molecule has 8 nitrogen and oxygen atoms in total. The summed E-state index contributed by atoms with van der Waals surface area (Å²) >= 11 is 0. The molecule has 0 aliphatic carbocycles. The Kier molecular flexibility index (Phi) is 9.88. The van der Waals surface area contributed by atoms with Gasteiger partial charge < -0.3 is 30.3 Å². The molecule has 0 spiro atoms. The maximum Gasteiger partial charge on any atom is 0.119 e. The number of hydrogen-bond acceptors (Lipinski definition) is 8. The monoisotopic (exact) mass is 438 g/mol. The first-order valence-electron chi connectivity index (χ1n) is 10.6. The van der Waals surface area contributed by atoms with Crippen molar-refractivity contribution in [2.75, 3.05) is 26.3 Å². The van der Waals surface area contributed by atoms with Crippen LogP contribution < -0.4 is 20.1 Å². The number of hydrogen-bond donors (Lipinski definition) is 4. The predicted molar refractivity (Wildman–Crippen MR) is 121 cm³/mol. The second-order valence-electron chi connectivity index (χ2n) is 7.37. The topological polar surface area (TPSA) is 109 Å². The molecule has 2 heterocycles. The molecule has 0 saturated carbocycles. The van der Waals surface area contributed by atoms with E-state index in [2.05, 4.69) is 20.6 Å². The van der Waals surface area contributed by atoms with Crippen LogP contribution in [0.4, 0.5) is 0 Å². The van der Waals surface area contributed by atoms with Crippen molar-refractivity contribution in [1.82, 2.24) is 20.6 Å². The van der Waals surface area contributed by atoms with Gasteiger partial charge in [0.2, 0.25) is 0 Å². The van der Waals surface area contributed by atoms with Gasteiger partial charge in [0.05, 0.1) is 0 Å². The van der Waals surface area contributed by atoms with Crippen molar-refractivity contribution in [3.05, 3.63) is 84.4 Å². The molecule has 0 fully saturated rings. The molecule has 2 atom stereocenters. The summed E-state index contributed by atoms with van der Waals surface area (Å²) in [6.45, 7) is 2.55. The highest BCUT2D eigenvalue weighted by Crippen LogP contribution is 2.18. The van der Waals surface area contributed by atoms with Crippen molar-refractivity contribution in [2.24, 2.45) is 0 Å². The van der Waals surface area contributed by atoms with Gasteiger partial charge in [0.15, 0.2) is 0 Å². The fourth-order valence-corrected chi connectivity index (χ4v) is 2.90. The summed E-state index contributed by atoms with van der Waals surface area (Å²) in [5, 5.41) is 26.5. The van der Waals surface area contributed by atoms with Crippen LogP contribution in [-0.4, -0.2) is 58.7 Å². The molecule has 3 aromatic rings. The average molecular weight is 439 g/mol. The van der Waals surface area contributed by atoms with E-state index in [1.807, 2.05) is 24.3 Å². The quantitative estimate of drug-likeness (QED) is 0.300. The Morgan fingerprint density at radius 2 is 1.00 bits per heavy atom. The van der Waals surface area contributed by atoms with Crippen LogP contribution in [0.2, 0.25) is 0 Å². The van der Waals surface area contributed by atoms with Crippen LogP contribution in [0.5, 0.6) is 11.5 Å². The van der Waals surface area contributed by atoms with Gasteiger partial charge in [-0.25, -0.2) is 0 Å². The highest BCUT2D eigenvalue weighted by atomic mass is 16.5. The van der Waals surface area contributed by atoms with Crippen molar-refractivity contribution >= 4 is 0 Å². The second-order valence-corrected chi connectivity index (χ2v) is 7.37. The summed E-state index contributed by atoms with van der Waals surface area (Å²) in [4.78, 5) is 7.95. The molecule has 0 aliphatic rings. The summed E-state index contributed by atoms with van der Waals surface area (Å²) in [6.07, 6.45) is 5.72. The lowest BCUT2D eigenvalue weighted by molar-refractivity contribution is 0.104. The minimum Gasteiger partial charge on any atom is -0.491 e. The van der Waals surface area contributed by atoms with E-state index in [1.54, 1.807) is 49.1 Å². The lowest BCUT2D eigenvalue weighted by atomic mass is 10.2. The summed E-state index contributed by atoms with van der Waals surface area (Å²) in [5.41, 5.74) is 2.22. The third-order valence-corrected chi connectivity index (χ3v) is 4.63. The third-order valence-electron chi connectivity index (χ3n) is 4.63. The van der Waals surface area contributed by atoms with E-state index in [0.717, 1.165) is 11.1 Å². The van der Waals surface area contributed by atoms with Crippen LogP contribution in [-0.2, 0) is 13.1 Å². The number of aromatic nitrogens is 2. The number of aliphatic hydroxyl groups excluding tert-OH is 2. The summed E-state index contributed by atoms with van der Waals surface area (Å²) in [7, 11) is 0. The molecule has 3 rings (SSSR count). The van der Waals surface area contributed by atoms with E-state index < -0.39 is 12.2 Å². The Bertz CT molecular complexity index is 807. The van der Waals surface area contributed by atoms with Crippen molar-refractivity contribution in [2.45, 2.75) is 25.3 Å². The fourth-order valence-electron chi connectivity index (χ4n) is 2.90. The minimum absolute atomic E-state index is 0.186. The lowest BCUT2D eigenvalue weighted by Crippen LogP contribution is -2.31. The first-order chi connectivity index (χ1) is 15.7. The van der Waals surface area contributed by atoms with Gasteiger partial charge in [0.25, 0.3) is 0 Å². The van der Waals surface area contributed by atoms with Gasteiger partial charge in [-0.3, -0.25) is 9.97 Å². The zero-order valence-corrected chi connectivity index (χ0v) is 17.9. The number of ether oxygens (including phenoxy) is 2. The highest BCUT2D eigenvalue weighted by molar-refractivity contribution is 5.31. The first kappa shape index (κ1) is 23.6. The average Bonchev–Trinajstić information content (AvgIpc) is 2.83. The van der Waals surface area contributed by atoms with Crippen LogP contribution >= 0.6 is 0 Å². The molecule has 8 heteroatoms. The van der Waals surface area contributed by atoms with Gasteiger partial charge in [-0.15, -0.1) is 0 Å². The molecule has 2 aromatic heterocycles. The number of rotatable bonds is 14. The van der Waals surface area contributed by atoms with E-state index in [-0.39, 0.29) is 13.2 Å². The third kappa shape index (κ3) is 8.99. The van der Waals surface area contributed by atoms with E-state index in [4.69, 9.17) is 9.47 Å². The van der Waals surface area contributed by atoms with Crippen molar-refractivity contribution in [3.63, 3.8) is 0 Å². The van der Waals surface area contributed by atoms with Crippen LogP contribution in [0.1, 0.15) is 11.1 Å². The predicted octanol–water partition coefficient (Wildman–Crippen LogP) is 1.54. The van der Waals surface area contributed by atoms with Crippen LogP contribution in [0.25, 0.3) is 0 Å². The minimum atomic E-state index is -0.623. The molecule has 0 amide bonds. The molecule has 0 radical (unpaired) electrons. The number of benzene rings is 1. The molecule has 0 bridgehead atoms. The Labute approximate surface area is 188 Å². The molecular formula is C24H30N4O4. The van der Waals surface area contributed by atoms with E-state index in [0.29, 0.717) is 37.7 Å². The van der Waals surface area contributed by atoms with Gasteiger partial charge >= 0.3 is 0 Å². The molecule has 4 N–H and O–H groups in total. The summed E-state index contributed by atoms with van der Waals surface area (Å²) in [5.74, 6) is 1.29. The molecule has 170 valence electrons. The summed E-state index contributed by atoms with van der Waals surface area (Å²) in [6, 6.07) is 14.8. The molecular weight excluding hydrogens is 408 g/mol. The van der Waals surface area contributed by atoms with Crippen molar-refractivity contribution < 1.29 is 19.7 Å². The second kappa shape index (κ2) is 13.4. The van der Waals surface area contributed by atoms with E-state index >= 15 is 0 Å². The Balaban J connectivity index is 1.27. The highest BCUT2D eigenvalue weighted by Gasteiger charge is 2.07. The van der Waals surface area contributed by atoms with Gasteiger partial charge in [0, 0.05) is 51.0 Å². The number of nitrogens with zero attached hydrogens (tertiary/aromatic N) is 2. The van der Waals surface area contributed by atoms with Crippen LogP contribution in [0, 0.1) is 0 Å². The van der Waals surface area contributed by atoms with Crippen LogP contribution in [0.3, 0.4) is 0 Å². The zero-order valence-electron chi connectivity index (χ0n) is 17.9. The van der Waals surface area contributed by atoms with Gasteiger partial charge in [-0.05, 0) is 59.7 Å². The molecule has 0 saturated heterocycles. The SMILES string of the molecule is OC(CNCc1ccncc1)COc1ccc(OCC(O)CNCc2ccncc2)cc1. The molecule has 2 unspecified atom stereocenters. The van der Waals surface area contributed by atoms with E-state index in [1.165, 1.54) is 0 Å². The molecule has 0 aliphatic heterocycles. The zero-order chi connectivity index (χ0) is 22.4. The maximum absolute atomic E-state index is 10.1. The van der Waals surface area contributed by atoms with Crippen LogP contribution in [0.15, 0.2) is 73.3 Å². The fraction of sp³-hybridized carbons (Fsp3) is 0.333. The standard InChI is InChI=1S/C24H30N4O4/c29-21(15-27-13-19-5-9-25-10-6-19)17-31-23-1-2-24(4-3-23)32-18-22(30)16-28-14-20-7-11-26-12-8-20/h1-12,21-22,27-30H,13-18H2. The van der Waals surface area contributed by atoms with E-state index in [9.17, 15) is 10.2 Å². The van der Waals surface area contributed by atoms with Crippen molar-refractivity contribution in [1.29, 1.82) is 0 Å². The smallest absolute Gasteiger partial charge is 0.119 e. The number of pyridine rings is 2. The normalized spacial score (nSPS) is 12.8. The summed E-state index contributed by atoms with van der Waals surface area (Å²) < 4.78 is 11.3.